The van der Waals surface area contributed by atoms with E-state index in [9.17, 15) is 19.2 Å². The maximum atomic E-state index is 13.7. The number of alkyl halides is 1. The van der Waals surface area contributed by atoms with Gasteiger partial charge in [0.2, 0.25) is 0 Å². The minimum atomic E-state index is -0.555. The van der Waals surface area contributed by atoms with Gasteiger partial charge in [-0.25, -0.2) is 39.5 Å². The zero-order chi connectivity index (χ0) is 53.0. The first-order chi connectivity index (χ1) is 36.3. The van der Waals surface area contributed by atoms with Crippen LogP contribution in [0.1, 0.15) is 62.5 Å². The van der Waals surface area contributed by atoms with Crippen molar-refractivity contribution in [1.29, 1.82) is 0 Å². The van der Waals surface area contributed by atoms with Crippen LogP contribution in [-0.2, 0) is 52.7 Å². The summed E-state index contributed by atoms with van der Waals surface area (Å²) >= 11 is 27.9. The number of aromatic nitrogens is 12. The van der Waals surface area contributed by atoms with Crippen LogP contribution in [0.3, 0.4) is 0 Å². The molecule has 2 aliphatic heterocycles. The molecule has 396 valence electrons. The molecule has 2 aromatic carbocycles. The number of aryl methyl sites for hydroxylation is 2. The molecule has 20 nitrogen and oxygen atoms in total. The number of nitrogens with one attached hydrogen (secondary N) is 1. The van der Waals surface area contributed by atoms with Crippen LogP contribution in [0.15, 0.2) is 92.5 Å². The molecule has 75 heavy (non-hydrogen) atoms. The van der Waals surface area contributed by atoms with Gasteiger partial charge in [-0.15, -0.1) is 0 Å². The predicted molar refractivity (Wildman–Crippen MR) is 290 cm³/mol. The van der Waals surface area contributed by atoms with Gasteiger partial charge in [-0.1, -0.05) is 86.6 Å². The Morgan fingerprint density at radius 3 is 1.59 bits per heavy atom. The third-order valence-electron chi connectivity index (χ3n) is 12.2. The van der Waals surface area contributed by atoms with Crippen molar-refractivity contribution >= 4 is 84.7 Å². The number of nitrogens with zero attached hydrogens (tertiary/aromatic N) is 11. The highest BCUT2D eigenvalue weighted by Gasteiger charge is 2.25. The van der Waals surface area contributed by atoms with Gasteiger partial charge in [-0.05, 0) is 86.8 Å². The average Bonchev–Trinajstić information content (AvgIpc) is 3.99. The molecule has 0 bridgehead atoms. The molecule has 0 aliphatic carbocycles. The lowest BCUT2D eigenvalue weighted by atomic mass is 10.2. The van der Waals surface area contributed by atoms with E-state index in [-0.39, 0.29) is 58.3 Å². The summed E-state index contributed by atoms with van der Waals surface area (Å²) in [5, 5.41) is 2.50. The van der Waals surface area contributed by atoms with Gasteiger partial charge in [0.05, 0.1) is 13.2 Å². The Morgan fingerprint density at radius 1 is 0.627 bits per heavy atom. The van der Waals surface area contributed by atoms with Crippen LogP contribution >= 0.6 is 62.3 Å². The molecule has 2 saturated heterocycles. The second-order valence-corrected chi connectivity index (χ2v) is 19.8. The van der Waals surface area contributed by atoms with Crippen LogP contribution in [0.4, 0.5) is 0 Å². The zero-order valence-corrected chi connectivity index (χ0v) is 45.6. The summed E-state index contributed by atoms with van der Waals surface area (Å²) in [7, 11) is 3.12. The molecule has 8 aromatic rings. The van der Waals surface area contributed by atoms with E-state index in [0.717, 1.165) is 61.8 Å². The molecule has 1 N–H and O–H groups in total. The van der Waals surface area contributed by atoms with Crippen molar-refractivity contribution in [3.63, 3.8) is 0 Å². The first kappa shape index (κ1) is 55.6. The Bertz CT molecular complexity index is 3460. The van der Waals surface area contributed by atoms with Crippen molar-refractivity contribution in [2.45, 2.75) is 83.6 Å². The number of H-pyrrole nitrogens is 1. The summed E-state index contributed by atoms with van der Waals surface area (Å²) in [6.07, 6.45) is 13.8. The number of rotatable bonds is 15. The van der Waals surface area contributed by atoms with Crippen LogP contribution < -0.4 is 22.5 Å². The Balaban J connectivity index is 0.000000171. The first-order valence-corrected chi connectivity index (χ1v) is 26.8. The van der Waals surface area contributed by atoms with Crippen molar-refractivity contribution in [3.8, 4) is 23.0 Å². The fourth-order valence-corrected chi connectivity index (χ4v) is 9.21. The molecule has 8 heterocycles. The molecule has 2 atom stereocenters. The highest BCUT2D eigenvalue weighted by atomic mass is 79.9. The van der Waals surface area contributed by atoms with Gasteiger partial charge in [-0.3, -0.25) is 28.3 Å². The summed E-state index contributed by atoms with van der Waals surface area (Å²) in [5.74, 6) is 0.676. The number of aromatic amines is 1. The number of hydrogen-bond donors (Lipinski definition) is 1. The fraction of sp³-hybridized carbons (Fsp3) is 0.400. The van der Waals surface area contributed by atoms with Crippen molar-refractivity contribution in [3.05, 3.63) is 146 Å². The topological polar surface area (TPSA) is 223 Å². The fourth-order valence-electron chi connectivity index (χ4n) is 8.35. The molecule has 25 heteroatoms. The van der Waals surface area contributed by atoms with Gasteiger partial charge in [-0.2, -0.15) is 0 Å². The molecule has 0 saturated carbocycles. The van der Waals surface area contributed by atoms with E-state index >= 15 is 0 Å². The van der Waals surface area contributed by atoms with Crippen LogP contribution in [0.2, 0.25) is 20.4 Å². The molecule has 2 fully saturated rings. The molecule has 2 aliphatic rings. The Morgan fingerprint density at radius 2 is 1.11 bits per heavy atom. The van der Waals surface area contributed by atoms with Crippen molar-refractivity contribution in [1.82, 2.24) is 57.7 Å². The minimum absolute atomic E-state index is 0.0859. The van der Waals surface area contributed by atoms with Crippen molar-refractivity contribution < 1.29 is 18.9 Å². The van der Waals surface area contributed by atoms with Gasteiger partial charge in [0, 0.05) is 87.1 Å². The highest BCUT2D eigenvalue weighted by Crippen LogP contribution is 2.29. The lowest BCUT2D eigenvalue weighted by Crippen LogP contribution is -2.40. The maximum absolute atomic E-state index is 13.7. The Hall–Kier alpha value is -5.62. The molecule has 0 spiro atoms. The minimum Gasteiger partial charge on any atom is -0.353 e. The quantitative estimate of drug-likeness (QED) is 0.0755. The molecule has 10 rings (SSSR count). The molecular weight excluding hydrogens is 1120 g/mol. The Labute approximate surface area is 457 Å². The van der Waals surface area contributed by atoms with Gasteiger partial charge in [0.25, 0.3) is 11.1 Å². The molecular formula is C50H53BrCl4N12O8. The van der Waals surface area contributed by atoms with Gasteiger partial charge < -0.3 is 28.1 Å². The Kier molecular flexibility index (Phi) is 19.6. The SMILES string of the molecule is BrCCCOC1CCCCO1.Cn1c(=O)[nH]c(=O)c2c1nc(-c1nccnc1Cl)n2Cc1ccc(Cl)cc1.Cn1c(=O)n(CCCOC2CCCCO2)c(=O)c2c1nc(-c1nccnc1Cl)n2Cc1ccc(Cl)cc1. The van der Waals surface area contributed by atoms with Gasteiger partial charge >= 0.3 is 11.4 Å². The summed E-state index contributed by atoms with van der Waals surface area (Å²) < 4.78 is 29.5. The van der Waals surface area contributed by atoms with E-state index in [1.165, 1.54) is 58.4 Å². The first-order valence-electron chi connectivity index (χ1n) is 24.2. The van der Waals surface area contributed by atoms with Crippen LogP contribution in [-0.4, -0.2) is 102 Å². The van der Waals surface area contributed by atoms with E-state index in [1.807, 2.05) is 24.3 Å². The number of imidazole rings is 2. The lowest BCUT2D eigenvalue weighted by molar-refractivity contribution is -0.163. The third-order valence-corrected chi connectivity index (χ3v) is 13.8. The molecule has 6 aromatic heterocycles. The summed E-state index contributed by atoms with van der Waals surface area (Å²) in [6, 6.07) is 14.5. The highest BCUT2D eigenvalue weighted by molar-refractivity contribution is 9.09. The largest absolute Gasteiger partial charge is 0.353 e. The number of benzene rings is 2. The lowest BCUT2D eigenvalue weighted by Gasteiger charge is -2.22. The number of hydrogen-bond acceptors (Lipinski definition) is 14. The van der Waals surface area contributed by atoms with E-state index in [4.69, 9.17) is 65.4 Å². The second-order valence-electron chi connectivity index (χ2n) is 17.4. The number of ether oxygens (including phenoxy) is 4. The van der Waals surface area contributed by atoms with E-state index < -0.39 is 22.5 Å². The van der Waals surface area contributed by atoms with Gasteiger partial charge in [0.1, 0.15) is 11.4 Å². The molecule has 0 amide bonds. The molecule has 2 unspecified atom stereocenters. The van der Waals surface area contributed by atoms with Crippen LogP contribution in [0, 0.1) is 0 Å². The second kappa shape index (κ2) is 26.4. The molecule has 0 radical (unpaired) electrons. The van der Waals surface area contributed by atoms with Crippen LogP contribution in [0.25, 0.3) is 45.4 Å². The summed E-state index contributed by atoms with van der Waals surface area (Å²) in [6.45, 7) is 3.54. The van der Waals surface area contributed by atoms with Gasteiger partial charge in [0.15, 0.2) is 56.9 Å². The van der Waals surface area contributed by atoms with E-state index in [0.29, 0.717) is 59.3 Å². The normalized spacial score (nSPS) is 15.6. The predicted octanol–water partition coefficient (Wildman–Crippen LogP) is 8.19. The smallest absolute Gasteiger partial charge is 0.332 e. The summed E-state index contributed by atoms with van der Waals surface area (Å²) in [5.41, 5.74) is 1.37. The van der Waals surface area contributed by atoms with E-state index in [2.05, 4.69) is 50.8 Å². The number of halogens is 5. The van der Waals surface area contributed by atoms with Crippen molar-refractivity contribution in [2.24, 2.45) is 14.1 Å². The third kappa shape index (κ3) is 13.7. The van der Waals surface area contributed by atoms with E-state index in [1.54, 1.807) is 40.4 Å². The average molecular weight is 1170 g/mol. The standard InChI is InChI=1S/C25H26Cl2N6O4.C17H12Cl2N6O2.C8H15BrO2/c1-31-23-20(24(34)32(25(31)35)12-4-14-37-18-5-2-3-13-36-18)33(15-16-6-8-17(26)9-7-16)22(30-23)19-21(27)29-11-10-28-19;1-24-15-12(16(26)23-17(24)27)25(8-9-2-4-10(18)5-3-9)14(22-15)11-13(19)21-7-6-20-11;9-5-3-7-11-8-4-1-2-6-10-8/h6-11,18H,2-5,12-15H2,1H3;2-7H,8H2,1H3,(H,23,26,27);8H,1-7H2. The monoisotopic (exact) mass is 1170 g/mol. The summed E-state index contributed by atoms with van der Waals surface area (Å²) in [4.78, 5) is 79.5. The van der Waals surface area contributed by atoms with Crippen LogP contribution in [0.5, 0.6) is 0 Å². The maximum Gasteiger partial charge on any atom is 0.332 e. The number of fused-ring (bicyclic) bond motifs is 2. The zero-order valence-electron chi connectivity index (χ0n) is 41.0. The van der Waals surface area contributed by atoms with Crippen molar-refractivity contribution in [2.75, 3.05) is 31.8 Å².